The van der Waals surface area contributed by atoms with E-state index >= 15 is 0 Å². The van der Waals surface area contributed by atoms with E-state index in [-0.39, 0.29) is 5.91 Å². The van der Waals surface area contributed by atoms with E-state index in [0.717, 1.165) is 4.90 Å². The molecule has 1 aromatic carbocycles. The third-order valence-corrected chi connectivity index (χ3v) is 2.97. The van der Waals surface area contributed by atoms with Gasteiger partial charge in [0.25, 0.3) is 0 Å². The van der Waals surface area contributed by atoms with Gasteiger partial charge in [0.05, 0.1) is 5.69 Å². The molecule has 0 atom stereocenters. The molecule has 0 aliphatic rings. The Labute approximate surface area is 101 Å². The molecule has 0 aliphatic carbocycles. The van der Waals surface area contributed by atoms with Crippen molar-refractivity contribution in [2.75, 3.05) is 5.32 Å². The highest BCUT2D eigenvalue weighted by atomic mass is 32.1. The van der Waals surface area contributed by atoms with Crippen LogP contribution in [-0.4, -0.2) is 5.91 Å². The summed E-state index contributed by atoms with van der Waals surface area (Å²) in [5.41, 5.74) is 0.290. The van der Waals surface area contributed by atoms with Gasteiger partial charge in [0.2, 0.25) is 5.91 Å². The Morgan fingerprint density at radius 2 is 1.87 bits per heavy atom. The second kappa shape index (κ2) is 4.49. The summed E-state index contributed by atoms with van der Waals surface area (Å²) in [5, 5.41) is 2.83. The molecule has 1 rings (SSSR count). The van der Waals surface area contributed by atoms with Crippen molar-refractivity contribution in [1.82, 2.24) is 0 Å². The largest absolute Gasteiger partial charge is 0.325 e. The number of amides is 1. The van der Waals surface area contributed by atoms with Crippen LogP contribution in [0.5, 0.6) is 0 Å². The number of rotatable bonds is 1. The van der Waals surface area contributed by atoms with E-state index in [0.29, 0.717) is 10.6 Å². The third-order valence-electron chi connectivity index (χ3n) is 1.94. The Morgan fingerprint density at radius 3 is 2.40 bits per heavy atom. The molecule has 82 valence electrons. The van der Waals surface area contributed by atoms with Crippen molar-refractivity contribution in [1.29, 1.82) is 0 Å². The van der Waals surface area contributed by atoms with Gasteiger partial charge >= 0.3 is 0 Å². The highest BCUT2D eigenvalue weighted by Gasteiger charge is 2.21. The molecule has 0 spiro atoms. The van der Waals surface area contributed by atoms with Gasteiger partial charge in [-0.3, -0.25) is 4.79 Å². The molecule has 0 heterocycles. The number of thiol groups is 2. The average molecular weight is 241 g/mol. The predicted molar refractivity (Wildman–Crippen MR) is 69.0 cm³/mol. The van der Waals surface area contributed by atoms with E-state index in [1.807, 2.05) is 39.0 Å². The third kappa shape index (κ3) is 3.18. The van der Waals surface area contributed by atoms with Gasteiger partial charge < -0.3 is 5.32 Å². The molecule has 0 unspecified atom stereocenters. The van der Waals surface area contributed by atoms with Crippen LogP contribution >= 0.6 is 25.3 Å². The summed E-state index contributed by atoms with van der Waals surface area (Å²) in [6, 6.07) is 5.48. The van der Waals surface area contributed by atoms with E-state index in [1.54, 1.807) is 0 Å². The van der Waals surface area contributed by atoms with Crippen LogP contribution in [-0.2, 0) is 4.79 Å². The number of nitrogens with one attached hydrogen (secondary N) is 1. The number of anilines is 1. The fraction of sp³-hybridized carbons (Fsp3) is 0.364. The lowest BCUT2D eigenvalue weighted by Gasteiger charge is -2.18. The normalized spacial score (nSPS) is 11.3. The van der Waals surface area contributed by atoms with Gasteiger partial charge in [-0.2, -0.15) is 0 Å². The van der Waals surface area contributed by atoms with Crippen LogP contribution in [0.4, 0.5) is 5.69 Å². The minimum atomic E-state index is -0.410. The Bertz CT molecular complexity index is 383. The number of carbonyl (C=O) groups is 1. The van der Waals surface area contributed by atoms with Crippen molar-refractivity contribution in [3.05, 3.63) is 18.2 Å². The molecule has 0 radical (unpaired) electrons. The van der Waals surface area contributed by atoms with E-state index in [9.17, 15) is 4.79 Å². The Kier molecular flexibility index (Phi) is 3.73. The lowest BCUT2D eigenvalue weighted by Crippen LogP contribution is -2.27. The van der Waals surface area contributed by atoms with Crippen LogP contribution < -0.4 is 5.32 Å². The highest BCUT2D eigenvalue weighted by molar-refractivity contribution is 7.83. The molecule has 0 saturated carbocycles. The lowest BCUT2D eigenvalue weighted by molar-refractivity contribution is -0.123. The number of hydrogen-bond acceptors (Lipinski definition) is 3. The van der Waals surface area contributed by atoms with E-state index in [1.165, 1.54) is 0 Å². The average Bonchev–Trinajstić information content (AvgIpc) is 2.11. The van der Waals surface area contributed by atoms with E-state index in [4.69, 9.17) is 0 Å². The van der Waals surface area contributed by atoms with Crippen LogP contribution in [0.3, 0.4) is 0 Å². The molecule has 2 nitrogen and oxygen atoms in total. The number of hydrogen-bond donors (Lipinski definition) is 3. The second-order valence-electron chi connectivity index (χ2n) is 4.38. The minimum Gasteiger partial charge on any atom is -0.325 e. The standard InChI is InChI=1S/C11H15NOS2/c1-11(2,3)10(13)12-7-5-4-6-8(14)9(7)15/h4-6,14-15H,1-3H3,(H,12,13). The zero-order chi connectivity index (χ0) is 11.6. The van der Waals surface area contributed by atoms with Crippen molar-refractivity contribution >= 4 is 36.9 Å². The van der Waals surface area contributed by atoms with E-state index in [2.05, 4.69) is 30.6 Å². The van der Waals surface area contributed by atoms with Gasteiger partial charge in [0.15, 0.2) is 0 Å². The molecule has 4 heteroatoms. The molecule has 0 saturated heterocycles. The van der Waals surface area contributed by atoms with E-state index < -0.39 is 5.41 Å². The fourth-order valence-corrected chi connectivity index (χ4v) is 1.35. The van der Waals surface area contributed by atoms with Crippen LogP contribution in [0.25, 0.3) is 0 Å². The van der Waals surface area contributed by atoms with Gasteiger partial charge in [-0.25, -0.2) is 0 Å². The minimum absolute atomic E-state index is 0.0308. The van der Waals surface area contributed by atoms with Gasteiger partial charge in [-0.1, -0.05) is 26.8 Å². The van der Waals surface area contributed by atoms with Crippen molar-refractivity contribution < 1.29 is 4.79 Å². The molecule has 0 fully saturated rings. The highest BCUT2D eigenvalue weighted by Crippen LogP contribution is 2.28. The molecule has 0 aliphatic heterocycles. The number of benzene rings is 1. The summed E-state index contributed by atoms with van der Waals surface area (Å²) < 4.78 is 0. The maximum atomic E-state index is 11.7. The summed E-state index contributed by atoms with van der Waals surface area (Å²) in [5.74, 6) is -0.0308. The SMILES string of the molecule is CC(C)(C)C(=O)Nc1cccc(S)c1S. The van der Waals surface area contributed by atoms with Gasteiger partial charge in [-0.05, 0) is 12.1 Å². The Morgan fingerprint density at radius 1 is 1.27 bits per heavy atom. The topological polar surface area (TPSA) is 29.1 Å². The first-order chi connectivity index (χ1) is 6.82. The van der Waals surface area contributed by atoms with Crippen LogP contribution in [0.1, 0.15) is 20.8 Å². The summed E-state index contributed by atoms with van der Waals surface area (Å²) in [6.07, 6.45) is 0. The van der Waals surface area contributed by atoms with Crippen molar-refractivity contribution in [3.8, 4) is 0 Å². The summed E-state index contributed by atoms with van der Waals surface area (Å²) in [7, 11) is 0. The number of carbonyl (C=O) groups excluding carboxylic acids is 1. The summed E-state index contributed by atoms with van der Waals surface area (Å²) >= 11 is 8.53. The van der Waals surface area contributed by atoms with Crippen LogP contribution in [0, 0.1) is 5.41 Å². The van der Waals surface area contributed by atoms with Gasteiger partial charge in [0, 0.05) is 15.2 Å². The Balaban J connectivity index is 2.91. The van der Waals surface area contributed by atoms with Crippen LogP contribution in [0.15, 0.2) is 28.0 Å². The first kappa shape index (κ1) is 12.5. The first-order valence-corrected chi connectivity index (χ1v) is 5.54. The maximum absolute atomic E-state index is 11.7. The first-order valence-electron chi connectivity index (χ1n) is 4.65. The summed E-state index contributed by atoms with van der Waals surface area (Å²) in [4.78, 5) is 13.2. The van der Waals surface area contributed by atoms with Crippen molar-refractivity contribution in [2.24, 2.45) is 5.41 Å². The smallest absolute Gasteiger partial charge is 0.229 e. The Hall–Kier alpha value is -0.610. The lowest BCUT2D eigenvalue weighted by atomic mass is 9.95. The molecule has 1 aromatic rings. The molecule has 15 heavy (non-hydrogen) atoms. The van der Waals surface area contributed by atoms with Crippen molar-refractivity contribution in [2.45, 2.75) is 30.6 Å². The summed E-state index contributed by atoms with van der Waals surface area (Å²) in [6.45, 7) is 5.60. The van der Waals surface area contributed by atoms with Crippen LogP contribution in [0.2, 0.25) is 0 Å². The van der Waals surface area contributed by atoms with Gasteiger partial charge in [0.1, 0.15) is 0 Å². The zero-order valence-electron chi connectivity index (χ0n) is 9.03. The zero-order valence-corrected chi connectivity index (χ0v) is 10.8. The molecule has 0 aromatic heterocycles. The maximum Gasteiger partial charge on any atom is 0.229 e. The van der Waals surface area contributed by atoms with Gasteiger partial charge in [-0.15, -0.1) is 25.3 Å². The quantitative estimate of drug-likeness (QED) is 0.647. The second-order valence-corrected chi connectivity index (χ2v) is 5.31. The molecular formula is C11H15NOS2. The predicted octanol–water partition coefficient (Wildman–Crippen LogP) is 3.25. The molecule has 1 amide bonds. The molecular weight excluding hydrogens is 226 g/mol. The van der Waals surface area contributed by atoms with Crippen molar-refractivity contribution in [3.63, 3.8) is 0 Å². The molecule has 1 N–H and O–H groups in total. The fourth-order valence-electron chi connectivity index (χ4n) is 0.942. The molecule has 0 bridgehead atoms. The monoisotopic (exact) mass is 241 g/mol.